The highest BCUT2D eigenvalue weighted by atomic mass is 79.9. The van der Waals surface area contributed by atoms with Gasteiger partial charge >= 0.3 is 0 Å². The average molecular weight is 340 g/mol. The van der Waals surface area contributed by atoms with Gasteiger partial charge in [-0.1, -0.05) is 5.57 Å². The van der Waals surface area contributed by atoms with E-state index in [1.54, 1.807) is 6.07 Å². The molecule has 0 fully saturated rings. The van der Waals surface area contributed by atoms with Crippen molar-refractivity contribution in [2.24, 2.45) is 0 Å². The summed E-state index contributed by atoms with van der Waals surface area (Å²) < 4.78 is 28.2. The molecule has 1 aromatic rings. The van der Waals surface area contributed by atoms with Crippen molar-refractivity contribution in [3.63, 3.8) is 0 Å². The quantitative estimate of drug-likeness (QED) is 0.606. The highest BCUT2D eigenvalue weighted by Crippen LogP contribution is 2.29. The van der Waals surface area contributed by atoms with Gasteiger partial charge in [0, 0.05) is 17.1 Å². The van der Waals surface area contributed by atoms with Crippen molar-refractivity contribution in [3.05, 3.63) is 34.8 Å². The molecule has 0 aliphatic rings. The largest absolute Gasteiger partial charge is 0.492 e. The number of halogens is 2. The molecule has 0 spiro atoms. The molecule has 0 aliphatic heterocycles. The van der Waals surface area contributed by atoms with Gasteiger partial charge in [-0.2, -0.15) is 0 Å². The van der Waals surface area contributed by atoms with Gasteiger partial charge in [0.05, 0.1) is 16.0 Å². The van der Waals surface area contributed by atoms with Gasteiger partial charge < -0.3 is 4.74 Å². The molecule has 0 heterocycles. The van der Waals surface area contributed by atoms with E-state index in [2.05, 4.69) is 22.5 Å². The second kappa shape index (κ2) is 5.89. The summed E-state index contributed by atoms with van der Waals surface area (Å²) in [6, 6.07) is 4.39. The summed E-state index contributed by atoms with van der Waals surface area (Å²) in [6.07, 6.45) is 0.752. The SMILES string of the molecule is C=C(C)CCOc1ccc(S(=O)(=O)Cl)cc1Br. The van der Waals surface area contributed by atoms with Crippen LogP contribution in [0.5, 0.6) is 5.75 Å². The van der Waals surface area contributed by atoms with Crippen LogP contribution >= 0.6 is 26.6 Å². The van der Waals surface area contributed by atoms with Crippen LogP contribution in [0.2, 0.25) is 0 Å². The van der Waals surface area contributed by atoms with Gasteiger partial charge in [-0.05, 0) is 41.1 Å². The van der Waals surface area contributed by atoms with Gasteiger partial charge in [0.25, 0.3) is 9.05 Å². The van der Waals surface area contributed by atoms with Crippen LogP contribution in [0.15, 0.2) is 39.7 Å². The topological polar surface area (TPSA) is 43.4 Å². The molecule has 0 saturated carbocycles. The van der Waals surface area contributed by atoms with Gasteiger partial charge in [0.2, 0.25) is 0 Å². The molecule has 0 radical (unpaired) electrons. The Morgan fingerprint density at radius 2 is 2.18 bits per heavy atom. The number of rotatable bonds is 5. The molecule has 0 unspecified atom stereocenters. The van der Waals surface area contributed by atoms with Gasteiger partial charge in [-0.15, -0.1) is 6.58 Å². The van der Waals surface area contributed by atoms with Crippen LogP contribution in [0.3, 0.4) is 0 Å². The zero-order valence-electron chi connectivity index (χ0n) is 9.24. The van der Waals surface area contributed by atoms with Gasteiger partial charge in [-0.25, -0.2) is 8.42 Å². The van der Waals surface area contributed by atoms with E-state index in [0.29, 0.717) is 16.8 Å². The molecule has 0 aliphatic carbocycles. The molecule has 0 saturated heterocycles. The molecule has 1 rings (SSSR count). The normalized spacial score (nSPS) is 11.2. The Morgan fingerprint density at radius 1 is 1.53 bits per heavy atom. The number of hydrogen-bond acceptors (Lipinski definition) is 3. The number of ether oxygens (including phenoxy) is 1. The first-order chi connectivity index (χ1) is 7.80. The van der Waals surface area contributed by atoms with E-state index in [9.17, 15) is 8.42 Å². The van der Waals surface area contributed by atoms with Gasteiger partial charge in [0.15, 0.2) is 0 Å². The minimum Gasteiger partial charge on any atom is -0.492 e. The lowest BCUT2D eigenvalue weighted by Crippen LogP contribution is -1.99. The third-order valence-corrected chi connectivity index (χ3v) is 3.94. The lowest BCUT2D eigenvalue weighted by molar-refractivity contribution is 0.319. The molecular weight excluding hydrogens is 328 g/mol. The van der Waals surface area contributed by atoms with E-state index in [-0.39, 0.29) is 4.90 Å². The zero-order chi connectivity index (χ0) is 13.1. The van der Waals surface area contributed by atoms with E-state index >= 15 is 0 Å². The first-order valence-electron chi connectivity index (χ1n) is 4.82. The molecule has 0 N–H and O–H groups in total. The Hall–Kier alpha value is -0.520. The summed E-state index contributed by atoms with van der Waals surface area (Å²) in [5, 5.41) is 0. The zero-order valence-corrected chi connectivity index (χ0v) is 12.4. The fourth-order valence-corrected chi connectivity index (χ4v) is 2.51. The van der Waals surface area contributed by atoms with Crippen molar-refractivity contribution in [1.82, 2.24) is 0 Å². The highest BCUT2D eigenvalue weighted by molar-refractivity contribution is 9.10. The van der Waals surface area contributed by atoms with E-state index in [0.717, 1.165) is 12.0 Å². The Morgan fingerprint density at radius 3 is 2.65 bits per heavy atom. The third kappa shape index (κ3) is 4.69. The second-order valence-corrected chi connectivity index (χ2v) is 7.01. The minimum atomic E-state index is -3.70. The fourth-order valence-electron chi connectivity index (χ4n) is 1.09. The van der Waals surface area contributed by atoms with Crippen LogP contribution in [-0.4, -0.2) is 15.0 Å². The lowest BCUT2D eigenvalue weighted by atomic mass is 10.2. The van der Waals surface area contributed by atoms with Crippen molar-refractivity contribution in [2.45, 2.75) is 18.2 Å². The maximum Gasteiger partial charge on any atom is 0.261 e. The summed E-state index contributed by atoms with van der Waals surface area (Å²) in [4.78, 5) is 0.0401. The maximum atomic E-state index is 11.1. The Kier molecular flexibility index (Phi) is 5.04. The van der Waals surface area contributed by atoms with Crippen molar-refractivity contribution < 1.29 is 13.2 Å². The molecule has 0 bridgehead atoms. The van der Waals surface area contributed by atoms with Crippen molar-refractivity contribution in [2.75, 3.05) is 6.61 Å². The molecule has 0 aromatic heterocycles. The fraction of sp³-hybridized carbons (Fsp3) is 0.273. The van der Waals surface area contributed by atoms with Gasteiger partial charge in [0.1, 0.15) is 5.75 Å². The Labute approximate surface area is 114 Å². The minimum absolute atomic E-state index is 0.0401. The molecule has 6 heteroatoms. The molecule has 17 heavy (non-hydrogen) atoms. The standard InChI is InChI=1S/C11H12BrClO3S/c1-8(2)5-6-16-11-4-3-9(7-10(11)12)17(13,14)15/h3-4,7H,1,5-6H2,2H3. The van der Waals surface area contributed by atoms with Crippen molar-refractivity contribution in [3.8, 4) is 5.75 Å². The number of hydrogen-bond donors (Lipinski definition) is 0. The smallest absolute Gasteiger partial charge is 0.261 e. The molecular formula is C11H12BrClO3S. The number of benzene rings is 1. The van der Waals surface area contributed by atoms with Crippen LogP contribution in [0.1, 0.15) is 13.3 Å². The monoisotopic (exact) mass is 338 g/mol. The average Bonchev–Trinajstić information content (AvgIpc) is 2.18. The molecule has 0 amide bonds. The van der Waals surface area contributed by atoms with Crippen LogP contribution in [0.4, 0.5) is 0 Å². The molecule has 1 aromatic carbocycles. The van der Waals surface area contributed by atoms with Gasteiger partial charge in [-0.3, -0.25) is 0 Å². The third-order valence-electron chi connectivity index (χ3n) is 1.97. The summed E-state index contributed by atoms with van der Waals surface area (Å²) in [7, 11) is 1.52. The van der Waals surface area contributed by atoms with Crippen molar-refractivity contribution in [1.29, 1.82) is 0 Å². The van der Waals surface area contributed by atoms with Crippen LogP contribution in [-0.2, 0) is 9.05 Å². The van der Waals surface area contributed by atoms with E-state index < -0.39 is 9.05 Å². The summed E-state index contributed by atoms with van der Waals surface area (Å²) in [6.45, 7) is 6.19. The Balaban J connectivity index is 2.80. The van der Waals surface area contributed by atoms with Crippen LogP contribution in [0.25, 0.3) is 0 Å². The first-order valence-corrected chi connectivity index (χ1v) is 7.92. The predicted octanol–water partition coefficient (Wildman–Crippen LogP) is 3.72. The Bertz CT molecular complexity index is 526. The van der Waals surface area contributed by atoms with E-state index in [1.165, 1.54) is 12.1 Å². The highest BCUT2D eigenvalue weighted by Gasteiger charge is 2.12. The summed E-state index contributed by atoms with van der Waals surface area (Å²) in [5.41, 5.74) is 1.03. The molecule has 94 valence electrons. The van der Waals surface area contributed by atoms with E-state index in [1.807, 2.05) is 6.92 Å². The maximum absolute atomic E-state index is 11.1. The van der Waals surface area contributed by atoms with Crippen LogP contribution < -0.4 is 4.74 Å². The molecule has 3 nitrogen and oxygen atoms in total. The van der Waals surface area contributed by atoms with E-state index in [4.69, 9.17) is 15.4 Å². The predicted molar refractivity (Wildman–Crippen MR) is 72.1 cm³/mol. The first kappa shape index (κ1) is 14.5. The second-order valence-electron chi connectivity index (χ2n) is 3.59. The molecule has 0 atom stereocenters. The summed E-state index contributed by atoms with van der Waals surface area (Å²) >= 11 is 3.24. The lowest BCUT2D eigenvalue weighted by Gasteiger charge is -2.08. The van der Waals surface area contributed by atoms with Crippen molar-refractivity contribution >= 4 is 35.7 Å². The summed E-state index contributed by atoms with van der Waals surface area (Å²) in [5.74, 6) is 0.579. The van der Waals surface area contributed by atoms with Crippen LogP contribution in [0, 0.1) is 0 Å².